The Bertz CT molecular complexity index is 280. The molecule has 0 radical (unpaired) electrons. The van der Waals surface area contributed by atoms with E-state index in [0.717, 1.165) is 0 Å². The fourth-order valence-corrected chi connectivity index (χ4v) is 3.57. The van der Waals surface area contributed by atoms with Crippen LogP contribution in [0.25, 0.3) is 0 Å². The average molecular weight is 241 g/mol. The molecule has 1 atom stereocenters. The summed E-state index contributed by atoms with van der Waals surface area (Å²) in [5.41, 5.74) is -0.423. The number of nitrogens with zero attached hydrogens (tertiary/aromatic N) is 1. The van der Waals surface area contributed by atoms with E-state index in [0.29, 0.717) is 19.1 Å². The summed E-state index contributed by atoms with van der Waals surface area (Å²) in [4.78, 5) is 14.3. The second kappa shape index (κ2) is 4.94. The van der Waals surface area contributed by atoms with Gasteiger partial charge in [0.05, 0.1) is 20.3 Å². The molecule has 0 aromatic rings. The Balaban J connectivity index is 2.21. The van der Waals surface area contributed by atoms with Crippen LogP contribution in [0.4, 0.5) is 0 Å². The van der Waals surface area contributed by atoms with Crippen LogP contribution in [0, 0.1) is 11.3 Å². The highest BCUT2D eigenvalue weighted by Crippen LogP contribution is 2.43. The highest BCUT2D eigenvalue weighted by molar-refractivity contribution is 5.79. The molecule has 0 bridgehead atoms. The molecule has 2 aliphatic rings. The predicted octanol–water partition coefficient (Wildman–Crippen LogP) is 1.30. The molecular weight excluding hydrogens is 218 g/mol. The molecule has 98 valence electrons. The molecule has 4 heteroatoms. The van der Waals surface area contributed by atoms with Gasteiger partial charge in [0.2, 0.25) is 0 Å². The van der Waals surface area contributed by atoms with E-state index in [1.54, 1.807) is 0 Å². The monoisotopic (exact) mass is 241 g/mol. The minimum Gasteiger partial charge on any atom is -0.468 e. The minimum atomic E-state index is -0.423. The first-order chi connectivity index (χ1) is 8.12. The standard InChI is InChI=1S/C13H23NO3/c1-14(2)11(10-6-4-5-7-10)13(8-17-9-13)12(15)16-3/h10-11H,4-9H2,1-3H3. The number of ether oxygens (including phenoxy) is 2. The summed E-state index contributed by atoms with van der Waals surface area (Å²) in [5, 5.41) is 0. The van der Waals surface area contributed by atoms with Gasteiger partial charge in [0.15, 0.2) is 0 Å². The normalized spacial score (nSPS) is 25.6. The van der Waals surface area contributed by atoms with E-state index in [9.17, 15) is 4.79 Å². The summed E-state index contributed by atoms with van der Waals surface area (Å²) in [6.45, 7) is 1.03. The molecule has 0 N–H and O–H groups in total. The number of methoxy groups -OCH3 is 1. The first-order valence-electron chi connectivity index (χ1n) is 6.44. The highest BCUT2D eigenvalue weighted by atomic mass is 16.5. The van der Waals surface area contributed by atoms with Crippen molar-refractivity contribution in [3.63, 3.8) is 0 Å². The van der Waals surface area contributed by atoms with Crippen molar-refractivity contribution in [2.75, 3.05) is 34.4 Å². The first kappa shape index (κ1) is 12.8. The Morgan fingerprint density at radius 3 is 2.29 bits per heavy atom. The lowest BCUT2D eigenvalue weighted by atomic mass is 9.71. The van der Waals surface area contributed by atoms with Gasteiger partial charge in [-0.05, 0) is 32.9 Å². The topological polar surface area (TPSA) is 38.8 Å². The van der Waals surface area contributed by atoms with Crippen molar-refractivity contribution in [1.82, 2.24) is 4.90 Å². The Labute approximate surface area is 103 Å². The molecule has 0 aromatic heterocycles. The molecule has 2 rings (SSSR count). The van der Waals surface area contributed by atoms with Gasteiger partial charge in [-0.25, -0.2) is 0 Å². The zero-order chi connectivity index (χ0) is 12.5. The van der Waals surface area contributed by atoms with E-state index in [-0.39, 0.29) is 12.0 Å². The Morgan fingerprint density at radius 1 is 1.35 bits per heavy atom. The quantitative estimate of drug-likeness (QED) is 0.695. The Kier molecular flexibility index (Phi) is 3.73. The van der Waals surface area contributed by atoms with Crippen LogP contribution in [0.5, 0.6) is 0 Å². The third-order valence-corrected chi connectivity index (χ3v) is 4.28. The van der Waals surface area contributed by atoms with Gasteiger partial charge >= 0.3 is 5.97 Å². The lowest BCUT2D eigenvalue weighted by molar-refractivity contribution is -0.200. The van der Waals surface area contributed by atoms with E-state index in [2.05, 4.69) is 19.0 Å². The van der Waals surface area contributed by atoms with Gasteiger partial charge in [-0.3, -0.25) is 4.79 Å². The molecule has 1 heterocycles. The summed E-state index contributed by atoms with van der Waals surface area (Å²) in [7, 11) is 5.60. The molecule has 17 heavy (non-hydrogen) atoms. The van der Waals surface area contributed by atoms with E-state index in [1.165, 1.54) is 32.8 Å². The van der Waals surface area contributed by atoms with Crippen LogP contribution in [0.1, 0.15) is 25.7 Å². The van der Waals surface area contributed by atoms with Crippen molar-refractivity contribution in [3.05, 3.63) is 0 Å². The molecule has 0 aromatic carbocycles. The molecule has 0 spiro atoms. The van der Waals surface area contributed by atoms with Gasteiger partial charge in [0, 0.05) is 6.04 Å². The van der Waals surface area contributed by atoms with Crippen LogP contribution in [0.3, 0.4) is 0 Å². The zero-order valence-electron chi connectivity index (χ0n) is 11.1. The van der Waals surface area contributed by atoms with Crippen molar-refractivity contribution in [1.29, 1.82) is 0 Å². The maximum absolute atomic E-state index is 12.1. The van der Waals surface area contributed by atoms with Crippen LogP contribution >= 0.6 is 0 Å². The summed E-state index contributed by atoms with van der Waals surface area (Å²) >= 11 is 0. The number of esters is 1. The molecule has 1 aliphatic heterocycles. The van der Waals surface area contributed by atoms with Crippen molar-refractivity contribution < 1.29 is 14.3 Å². The summed E-state index contributed by atoms with van der Waals surface area (Å²) in [6, 6.07) is 0.256. The van der Waals surface area contributed by atoms with E-state index in [4.69, 9.17) is 9.47 Å². The average Bonchev–Trinajstić information content (AvgIpc) is 2.74. The molecule has 4 nitrogen and oxygen atoms in total. The third kappa shape index (κ3) is 2.08. The number of hydrogen-bond acceptors (Lipinski definition) is 4. The number of rotatable bonds is 4. The van der Waals surface area contributed by atoms with Gasteiger partial charge in [0.1, 0.15) is 5.41 Å². The third-order valence-electron chi connectivity index (χ3n) is 4.28. The lowest BCUT2D eigenvalue weighted by Gasteiger charge is -2.49. The van der Waals surface area contributed by atoms with E-state index in [1.807, 2.05) is 0 Å². The van der Waals surface area contributed by atoms with Crippen molar-refractivity contribution in [3.8, 4) is 0 Å². The fourth-order valence-electron chi connectivity index (χ4n) is 3.57. The van der Waals surface area contributed by atoms with Crippen molar-refractivity contribution in [2.24, 2.45) is 11.3 Å². The second-order valence-electron chi connectivity index (χ2n) is 5.59. The Hall–Kier alpha value is -0.610. The second-order valence-corrected chi connectivity index (χ2v) is 5.59. The number of carbonyl (C=O) groups is 1. The fraction of sp³-hybridized carbons (Fsp3) is 0.923. The largest absolute Gasteiger partial charge is 0.468 e. The van der Waals surface area contributed by atoms with Gasteiger partial charge < -0.3 is 14.4 Å². The summed E-state index contributed by atoms with van der Waals surface area (Å²) in [5.74, 6) is 0.502. The highest BCUT2D eigenvalue weighted by Gasteiger charge is 2.56. The van der Waals surface area contributed by atoms with Gasteiger partial charge in [-0.2, -0.15) is 0 Å². The van der Waals surface area contributed by atoms with Crippen molar-refractivity contribution >= 4 is 5.97 Å². The molecule has 2 fully saturated rings. The molecule has 1 saturated heterocycles. The van der Waals surface area contributed by atoms with Crippen LogP contribution in [0.15, 0.2) is 0 Å². The smallest absolute Gasteiger partial charge is 0.318 e. The molecule has 1 unspecified atom stereocenters. The number of hydrogen-bond donors (Lipinski definition) is 0. The molecule has 1 saturated carbocycles. The zero-order valence-corrected chi connectivity index (χ0v) is 11.1. The van der Waals surface area contributed by atoms with Gasteiger partial charge in [-0.15, -0.1) is 0 Å². The summed E-state index contributed by atoms with van der Waals surface area (Å²) in [6.07, 6.45) is 5.02. The summed E-state index contributed by atoms with van der Waals surface area (Å²) < 4.78 is 10.3. The SMILES string of the molecule is COC(=O)C1(C(C2CCCC2)N(C)C)COC1. The predicted molar refractivity (Wildman–Crippen MR) is 64.7 cm³/mol. The van der Waals surface area contributed by atoms with Crippen LogP contribution in [-0.2, 0) is 14.3 Å². The first-order valence-corrected chi connectivity index (χ1v) is 6.44. The maximum atomic E-state index is 12.1. The lowest BCUT2D eigenvalue weighted by Crippen LogP contribution is -2.63. The van der Waals surface area contributed by atoms with Crippen LogP contribution < -0.4 is 0 Å². The Morgan fingerprint density at radius 2 is 1.94 bits per heavy atom. The van der Waals surface area contributed by atoms with E-state index >= 15 is 0 Å². The van der Waals surface area contributed by atoms with Gasteiger partial charge in [0.25, 0.3) is 0 Å². The van der Waals surface area contributed by atoms with Crippen molar-refractivity contribution in [2.45, 2.75) is 31.7 Å². The molecular formula is C13H23NO3. The molecule has 0 amide bonds. The maximum Gasteiger partial charge on any atom is 0.318 e. The number of carbonyl (C=O) groups excluding carboxylic acids is 1. The van der Waals surface area contributed by atoms with E-state index < -0.39 is 5.41 Å². The minimum absolute atomic E-state index is 0.102. The van der Waals surface area contributed by atoms with Gasteiger partial charge in [-0.1, -0.05) is 12.8 Å². The van der Waals surface area contributed by atoms with Crippen LogP contribution in [0.2, 0.25) is 0 Å². The van der Waals surface area contributed by atoms with Crippen LogP contribution in [-0.4, -0.2) is 51.3 Å². The molecule has 1 aliphatic carbocycles.